The molecule has 1 aliphatic heterocycles. The van der Waals surface area contributed by atoms with E-state index in [1.807, 2.05) is 13.8 Å². The average molecular weight is 370 g/mol. The van der Waals surface area contributed by atoms with Crippen LogP contribution in [0.15, 0.2) is 12.1 Å². The number of carbonyl (C=O) groups excluding carboxylic acids is 2. The van der Waals surface area contributed by atoms with Gasteiger partial charge in [0, 0.05) is 13.0 Å². The Morgan fingerprint density at radius 1 is 1.32 bits per heavy atom. The summed E-state index contributed by atoms with van der Waals surface area (Å²) in [6, 6.07) is 2.12. The third kappa shape index (κ3) is 5.16. The molecule has 0 spiro atoms. The van der Waals surface area contributed by atoms with Crippen molar-refractivity contribution in [2.75, 3.05) is 13.2 Å². The van der Waals surface area contributed by atoms with Gasteiger partial charge in [-0.15, -0.1) is 0 Å². The lowest BCUT2D eigenvalue weighted by atomic mass is 9.98. The van der Waals surface area contributed by atoms with Gasteiger partial charge >= 0.3 is 6.03 Å². The van der Waals surface area contributed by atoms with Gasteiger partial charge in [0.1, 0.15) is 6.04 Å². The maximum absolute atomic E-state index is 12.4. The molecular formula is C17H24ClN3O4. The molecule has 1 aliphatic rings. The minimum atomic E-state index is -0.723. The molecule has 2 rings (SSSR count). The van der Waals surface area contributed by atoms with Gasteiger partial charge in [-0.3, -0.25) is 4.79 Å². The number of hydrogen-bond donors (Lipinski definition) is 3. The second-order valence-electron chi connectivity index (χ2n) is 6.04. The van der Waals surface area contributed by atoms with Crippen molar-refractivity contribution in [3.05, 3.63) is 22.7 Å². The van der Waals surface area contributed by atoms with E-state index in [1.165, 1.54) is 0 Å². The molecule has 3 amide bonds. The van der Waals surface area contributed by atoms with Crippen LogP contribution in [0.25, 0.3) is 0 Å². The Balaban J connectivity index is 2.06. The first-order valence-corrected chi connectivity index (χ1v) is 8.71. The fraction of sp³-hybridized carbons (Fsp3) is 0.529. The molecule has 0 fully saturated rings. The molecule has 0 saturated heterocycles. The lowest BCUT2D eigenvalue weighted by Gasteiger charge is -2.22. The van der Waals surface area contributed by atoms with Gasteiger partial charge in [-0.2, -0.15) is 0 Å². The zero-order valence-electron chi connectivity index (χ0n) is 14.4. The van der Waals surface area contributed by atoms with Gasteiger partial charge in [0.25, 0.3) is 0 Å². The molecule has 2 atom stereocenters. The number of hydrogen-bond acceptors (Lipinski definition) is 4. The summed E-state index contributed by atoms with van der Waals surface area (Å²) < 4.78 is 11.2. The van der Waals surface area contributed by atoms with Crippen LogP contribution in [0.1, 0.15) is 32.3 Å². The van der Waals surface area contributed by atoms with Gasteiger partial charge in [-0.25, -0.2) is 4.79 Å². The number of amides is 3. The van der Waals surface area contributed by atoms with Gasteiger partial charge in [0.2, 0.25) is 5.91 Å². The van der Waals surface area contributed by atoms with Gasteiger partial charge in [-0.05, 0) is 23.6 Å². The van der Waals surface area contributed by atoms with Crippen LogP contribution in [0, 0.1) is 5.92 Å². The number of halogens is 1. The van der Waals surface area contributed by atoms with Gasteiger partial charge in [-0.1, -0.05) is 31.9 Å². The van der Waals surface area contributed by atoms with Crippen molar-refractivity contribution in [3.63, 3.8) is 0 Å². The number of fused-ring (bicyclic) bond motifs is 1. The second kappa shape index (κ2) is 8.80. The summed E-state index contributed by atoms with van der Waals surface area (Å²) >= 11 is 6.25. The highest BCUT2D eigenvalue weighted by molar-refractivity contribution is 6.32. The zero-order chi connectivity index (χ0) is 18.4. The highest BCUT2D eigenvalue weighted by atomic mass is 35.5. The fourth-order valence-electron chi connectivity index (χ4n) is 2.54. The quantitative estimate of drug-likeness (QED) is 0.715. The Morgan fingerprint density at radius 2 is 2.04 bits per heavy atom. The lowest BCUT2D eigenvalue weighted by molar-refractivity contribution is -0.124. The largest absolute Gasteiger partial charge is 0.489 e. The first kappa shape index (κ1) is 19.2. The molecule has 1 aromatic rings. The average Bonchev–Trinajstić information content (AvgIpc) is 2.82. The van der Waals surface area contributed by atoms with Crippen LogP contribution >= 0.6 is 11.6 Å². The van der Waals surface area contributed by atoms with E-state index < -0.39 is 12.1 Å². The second-order valence-corrected chi connectivity index (χ2v) is 6.45. The SMILES string of the molecule is CC[C@H](C)[C@H](NC(N)=O)C(=O)NCc1cc(Cl)c2c(c1)OCCCO2. The van der Waals surface area contributed by atoms with E-state index in [0.717, 1.165) is 18.4 Å². The smallest absolute Gasteiger partial charge is 0.312 e. The van der Waals surface area contributed by atoms with Crippen LogP contribution in [0.3, 0.4) is 0 Å². The molecule has 4 N–H and O–H groups in total. The van der Waals surface area contributed by atoms with Crippen LogP contribution in [-0.2, 0) is 11.3 Å². The number of carbonyl (C=O) groups is 2. The van der Waals surface area contributed by atoms with E-state index in [1.54, 1.807) is 12.1 Å². The predicted octanol–water partition coefficient (Wildman–Crippen LogP) is 2.20. The fourth-order valence-corrected chi connectivity index (χ4v) is 2.83. The van der Waals surface area contributed by atoms with E-state index >= 15 is 0 Å². The minimum Gasteiger partial charge on any atom is -0.489 e. The Bertz CT molecular complexity index is 639. The number of nitrogens with one attached hydrogen (secondary N) is 2. The van der Waals surface area contributed by atoms with E-state index in [2.05, 4.69) is 10.6 Å². The van der Waals surface area contributed by atoms with Crippen LogP contribution < -0.4 is 25.8 Å². The number of primary amides is 1. The summed E-state index contributed by atoms with van der Waals surface area (Å²) in [5.41, 5.74) is 5.95. The van der Waals surface area contributed by atoms with E-state index in [0.29, 0.717) is 29.7 Å². The van der Waals surface area contributed by atoms with Crippen molar-refractivity contribution in [2.45, 2.75) is 39.3 Å². The van der Waals surface area contributed by atoms with E-state index in [9.17, 15) is 9.59 Å². The molecule has 1 heterocycles. The Hall–Kier alpha value is -2.15. The number of rotatable bonds is 6. The Morgan fingerprint density at radius 3 is 2.72 bits per heavy atom. The minimum absolute atomic E-state index is 0.0418. The summed E-state index contributed by atoms with van der Waals surface area (Å²) in [5.74, 6) is 0.765. The van der Waals surface area contributed by atoms with Crippen molar-refractivity contribution >= 4 is 23.5 Å². The molecular weight excluding hydrogens is 346 g/mol. The van der Waals surface area contributed by atoms with Crippen LogP contribution in [-0.4, -0.2) is 31.2 Å². The molecule has 1 aromatic carbocycles. The molecule has 0 unspecified atom stereocenters. The Kier molecular flexibility index (Phi) is 6.75. The zero-order valence-corrected chi connectivity index (χ0v) is 15.2. The Labute approximate surface area is 152 Å². The third-order valence-corrected chi connectivity index (χ3v) is 4.40. The summed E-state index contributed by atoms with van der Waals surface area (Å²) in [6.07, 6.45) is 1.51. The van der Waals surface area contributed by atoms with Crippen LogP contribution in [0.4, 0.5) is 4.79 Å². The summed E-state index contributed by atoms with van der Waals surface area (Å²) in [6.45, 7) is 5.18. The number of ether oxygens (including phenoxy) is 2. The van der Waals surface area contributed by atoms with Crippen molar-refractivity contribution in [1.82, 2.24) is 10.6 Å². The van der Waals surface area contributed by atoms with Crippen LogP contribution in [0.2, 0.25) is 5.02 Å². The molecule has 0 radical (unpaired) electrons. The first-order valence-electron chi connectivity index (χ1n) is 8.34. The van der Waals surface area contributed by atoms with Gasteiger partial charge < -0.3 is 25.8 Å². The van der Waals surface area contributed by atoms with Crippen LogP contribution in [0.5, 0.6) is 11.5 Å². The lowest BCUT2D eigenvalue weighted by Crippen LogP contribution is -2.51. The highest BCUT2D eigenvalue weighted by Crippen LogP contribution is 2.37. The molecule has 138 valence electrons. The molecule has 25 heavy (non-hydrogen) atoms. The van der Waals surface area contributed by atoms with E-state index in [-0.39, 0.29) is 18.4 Å². The molecule has 0 aliphatic carbocycles. The third-order valence-electron chi connectivity index (χ3n) is 4.12. The molecule has 8 heteroatoms. The van der Waals surface area contributed by atoms with Crippen molar-refractivity contribution in [2.24, 2.45) is 11.7 Å². The van der Waals surface area contributed by atoms with Gasteiger partial charge in [0.05, 0.1) is 18.2 Å². The number of benzene rings is 1. The molecule has 0 saturated carbocycles. The number of nitrogens with two attached hydrogens (primary N) is 1. The first-order chi connectivity index (χ1) is 11.9. The molecule has 0 bridgehead atoms. The van der Waals surface area contributed by atoms with Crippen molar-refractivity contribution < 1.29 is 19.1 Å². The van der Waals surface area contributed by atoms with E-state index in [4.69, 9.17) is 26.8 Å². The van der Waals surface area contributed by atoms with Crippen molar-refractivity contribution in [3.8, 4) is 11.5 Å². The van der Waals surface area contributed by atoms with Crippen molar-refractivity contribution in [1.29, 1.82) is 0 Å². The summed E-state index contributed by atoms with van der Waals surface area (Å²) in [5, 5.41) is 5.74. The highest BCUT2D eigenvalue weighted by Gasteiger charge is 2.25. The molecule has 0 aromatic heterocycles. The maximum Gasteiger partial charge on any atom is 0.312 e. The number of urea groups is 1. The topological polar surface area (TPSA) is 103 Å². The monoisotopic (exact) mass is 369 g/mol. The summed E-state index contributed by atoms with van der Waals surface area (Å²) in [7, 11) is 0. The van der Waals surface area contributed by atoms with Gasteiger partial charge in [0.15, 0.2) is 11.5 Å². The normalized spacial score (nSPS) is 15.6. The standard InChI is InChI=1S/C17H24ClN3O4/c1-3-10(2)14(21-17(19)23)16(22)20-9-11-7-12(18)15-13(8-11)24-5-4-6-25-15/h7-8,10,14H,3-6,9H2,1-2H3,(H,20,22)(H3,19,21,23)/t10-,14-/m0/s1. The maximum atomic E-state index is 12.4. The summed E-state index contributed by atoms with van der Waals surface area (Å²) in [4.78, 5) is 23.5. The predicted molar refractivity (Wildman–Crippen MR) is 94.9 cm³/mol. The molecule has 7 nitrogen and oxygen atoms in total.